The highest BCUT2D eigenvalue weighted by Gasteiger charge is 2.35. The second kappa shape index (κ2) is 9.75. The Bertz CT molecular complexity index is 1220. The summed E-state index contributed by atoms with van der Waals surface area (Å²) in [4.78, 5) is 11.3. The van der Waals surface area contributed by atoms with E-state index in [2.05, 4.69) is 9.82 Å². The zero-order chi connectivity index (χ0) is 24.2. The third-order valence-electron chi connectivity index (χ3n) is 4.67. The lowest BCUT2D eigenvalue weighted by molar-refractivity contribution is -0.143. The van der Waals surface area contributed by atoms with E-state index < -0.39 is 27.9 Å². The van der Waals surface area contributed by atoms with Crippen molar-refractivity contribution in [3.05, 3.63) is 65.9 Å². The van der Waals surface area contributed by atoms with Crippen LogP contribution in [0.2, 0.25) is 0 Å². The first-order valence-electron chi connectivity index (χ1n) is 10.0. The fourth-order valence-electron chi connectivity index (χ4n) is 3.02. The summed E-state index contributed by atoms with van der Waals surface area (Å²) in [6.45, 7) is 3.56. The van der Waals surface area contributed by atoms with Gasteiger partial charge in [0.15, 0.2) is 5.69 Å². The van der Waals surface area contributed by atoms with Crippen LogP contribution in [-0.2, 0) is 25.7 Å². The van der Waals surface area contributed by atoms with Crippen molar-refractivity contribution in [3.63, 3.8) is 0 Å². The number of alkyl halides is 3. The molecule has 0 radical (unpaired) electrons. The van der Waals surface area contributed by atoms with E-state index in [4.69, 9.17) is 4.74 Å². The van der Waals surface area contributed by atoms with Crippen molar-refractivity contribution in [2.45, 2.75) is 31.3 Å². The maximum Gasteiger partial charge on any atom is 0.435 e. The number of benzene rings is 2. The van der Waals surface area contributed by atoms with E-state index in [9.17, 15) is 26.4 Å². The number of nitrogens with one attached hydrogen (secondary N) is 1. The number of aromatic nitrogens is 2. The molecule has 0 saturated heterocycles. The minimum absolute atomic E-state index is 0.102. The third-order valence-corrected chi connectivity index (χ3v) is 6.14. The monoisotopic (exact) mass is 481 g/mol. The lowest BCUT2D eigenvalue weighted by atomic mass is 10.1. The summed E-state index contributed by atoms with van der Waals surface area (Å²) < 4.78 is 73.0. The summed E-state index contributed by atoms with van der Waals surface area (Å²) in [7, 11) is -3.92. The van der Waals surface area contributed by atoms with E-state index in [1.165, 1.54) is 24.3 Å². The molecule has 0 aliphatic rings. The fraction of sp³-hybridized carbons (Fsp3) is 0.273. The Labute approximate surface area is 189 Å². The van der Waals surface area contributed by atoms with Gasteiger partial charge in [-0.2, -0.15) is 18.3 Å². The van der Waals surface area contributed by atoms with Crippen molar-refractivity contribution in [1.82, 2.24) is 14.5 Å². The van der Waals surface area contributed by atoms with Crippen LogP contribution in [0.3, 0.4) is 0 Å². The molecule has 7 nitrogen and oxygen atoms in total. The number of carbonyl (C=O) groups is 1. The fourth-order valence-corrected chi connectivity index (χ4v) is 4.05. The van der Waals surface area contributed by atoms with Crippen molar-refractivity contribution in [1.29, 1.82) is 0 Å². The Balaban J connectivity index is 1.89. The van der Waals surface area contributed by atoms with Crippen LogP contribution in [0.5, 0.6) is 0 Å². The van der Waals surface area contributed by atoms with Gasteiger partial charge >= 0.3 is 12.1 Å². The zero-order valence-corrected chi connectivity index (χ0v) is 18.7. The molecule has 0 aliphatic heterocycles. The molecule has 2 aromatic carbocycles. The maximum absolute atomic E-state index is 13.3. The van der Waals surface area contributed by atoms with Gasteiger partial charge < -0.3 is 4.74 Å². The van der Waals surface area contributed by atoms with Gasteiger partial charge in [0, 0.05) is 12.1 Å². The number of aryl methyl sites for hydroxylation is 1. The zero-order valence-electron chi connectivity index (χ0n) is 17.9. The molecule has 1 aromatic heterocycles. The maximum atomic E-state index is 13.3. The molecular formula is C22H22F3N3O4S. The number of carbonyl (C=O) groups excluding carboxylic acids is 1. The Morgan fingerprint density at radius 2 is 1.73 bits per heavy atom. The van der Waals surface area contributed by atoms with Gasteiger partial charge in [0.25, 0.3) is 0 Å². The molecule has 0 aliphatic carbocycles. The molecule has 176 valence electrons. The van der Waals surface area contributed by atoms with Crippen molar-refractivity contribution in [2.75, 3.05) is 13.2 Å². The van der Waals surface area contributed by atoms with Crippen LogP contribution >= 0.6 is 0 Å². The molecule has 11 heteroatoms. The first-order chi connectivity index (χ1) is 15.5. The third kappa shape index (κ3) is 5.99. The highest BCUT2D eigenvalue weighted by Crippen LogP contribution is 2.33. The molecule has 0 atom stereocenters. The second-order valence-electron chi connectivity index (χ2n) is 7.14. The minimum Gasteiger partial charge on any atom is -0.466 e. The molecule has 1 heterocycles. The van der Waals surface area contributed by atoms with Crippen LogP contribution in [0.15, 0.2) is 59.5 Å². The molecular weight excluding hydrogens is 459 g/mol. The number of halogens is 3. The summed E-state index contributed by atoms with van der Waals surface area (Å²) in [5.41, 5.74) is 0.888. The van der Waals surface area contributed by atoms with Gasteiger partial charge in [0.1, 0.15) is 0 Å². The van der Waals surface area contributed by atoms with Crippen LogP contribution in [0, 0.1) is 6.92 Å². The largest absolute Gasteiger partial charge is 0.466 e. The Morgan fingerprint density at radius 1 is 1.09 bits per heavy atom. The smallest absolute Gasteiger partial charge is 0.435 e. The normalized spacial score (nSPS) is 12.0. The van der Waals surface area contributed by atoms with E-state index >= 15 is 0 Å². The van der Waals surface area contributed by atoms with Crippen LogP contribution in [0.4, 0.5) is 13.2 Å². The molecule has 0 amide bonds. The van der Waals surface area contributed by atoms with E-state index in [-0.39, 0.29) is 35.8 Å². The first kappa shape index (κ1) is 24.5. The second-order valence-corrected chi connectivity index (χ2v) is 8.90. The number of rotatable bonds is 8. The summed E-state index contributed by atoms with van der Waals surface area (Å²) >= 11 is 0. The van der Waals surface area contributed by atoms with Crippen molar-refractivity contribution in [3.8, 4) is 16.9 Å². The topological polar surface area (TPSA) is 90.3 Å². The highest BCUT2D eigenvalue weighted by molar-refractivity contribution is 7.89. The summed E-state index contributed by atoms with van der Waals surface area (Å²) in [6.07, 6.45) is -4.77. The first-order valence-corrected chi connectivity index (χ1v) is 11.5. The molecule has 0 fully saturated rings. The van der Waals surface area contributed by atoms with Crippen LogP contribution in [0.1, 0.15) is 24.6 Å². The minimum atomic E-state index is -4.64. The Morgan fingerprint density at radius 3 is 2.30 bits per heavy atom. The lowest BCUT2D eigenvalue weighted by Crippen LogP contribution is -2.26. The Kier molecular flexibility index (Phi) is 7.23. The molecule has 33 heavy (non-hydrogen) atoms. The number of esters is 1. The number of nitrogens with zero attached hydrogens (tertiary/aromatic N) is 2. The molecule has 0 spiro atoms. The van der Waals surface area contributed by atoms with Gasteiger partial charge in [-0.1, -0.05) is 29.8 Å². The van der Waals surface area contributed by atoms with Gasteiger partial charge in [-0.3, -0.25) is 4.79 Å². The molecule has 0 saturated carbocycles. The molecule has 3 aromatic rings. The van der Waals surface area contributed by atoms with Gasteiger partial charge in [0.2, 0.25) is 10.0 Å². The molecule has 0 bridgehead atoms. The van der Waals surface area contributed by atoms with Crippen molar-refractivity contribution >= 4 is 16.0 Å². The van der Waals surface area contributed by atoms with Gasteiger partial charge in [-0.05, 0) is 44.2 Å². The average molecular weight is 481 g/mol. The summed E-state index contributed by atoms with van der Waals surface area (Å²) in [5, 5.41) is 3.70. The summed E-state index contributed by atoms with van der Waals surface area (Å²) in [5.74, 6) is -0.529. The van der Waals surface area contributed by atoms with Gasteiger partial charge in [-0.25, -0.2) is 17.8 Å². The molecule has 0 unspecified atom stereocenters. The van der Waals surface area contributed by atoms with E-state index in [0.717, 1.165) is 16.3 Å². The number of ether oxygens (including phenoxy) is 1. The van der Waals surface area contributed by atoms with E-state index in [0.29, 0.717) is 5.56 Å². The molecule has 1 N–H and O–H groups in total. The number of hydrogen-bond donors (Lipinski definition) is 1. The predicted molar refractivity (Wildman–Crippen MR) is 115 cm³/mol. The van der Waals surface area contributed by atoms with E-state index in [1.807, 2.05) is 6.92 Å². The summed E-state index contributed by atoms with van der Waals surface area (Å²) in [6, 6.07) is 13.1. The van der Waals surface area contributed by atoms with Crippen LogP contribution in [0.25, 0.3) is 16.9 Å². The standard InChI is InChI=1S/C22H22F3N3O4S/c1-3-32-21(29)12-13-26-33(30,31)18-10-8-17(9-11-18)28-19(14-20(27-28)22(23,24)25)16-6-4-15(2)5-7-16/h4-11,14,26H,3,12-13H2,1-2H3. The quantitative estimate of drug-likeness (QED) is 0.490. The number of sulfonamides is 1. The Hall–Kier alpha value is -3.18. The van der Waals surface area contributed by atoms with Crippen LogP contribution in [-0.4, -0.2) is 37.3 Å². The van der Waals surface area contributed by atoms with Crippen LogP contribution < -0.4 is 4.72 Å². The predicted octanol–water partition coefficient (Wildman–Crippen LogP) is 4.10. The van der Waals surface area contributed by atoms with Crippen molar-refractivity contribution < 1.29 is 31.1 Å². The molecule has 3 rings (SSSR count). The van der Waals surface area contributed by atoms with Gasteiger partial charge in [0.05, 0.1) is 29.3 Å². The van der Waals surface area contributed by atoms with E-state index in [1.54, 1.807) is 31.2 Å². The lowest BCUT2D eigenvalue weighted by Gasteiger charge is -2.10. The van der Waals surface area contributed by atoms with Gasteiger partial charge in [-0.15, -0.1) is 0 Å². The number of hydrogen-bond acceptors (Lipinski definition) is 5. The highest BCUT2D eigenvalue weighted by atomic mass is 32.2. The average Bonchev–Trinajstić information content (AvgIpc) is 3.20. The van der Waals surface area contributed by atoms with Crippen molar-refractivity contribution in [2.24, 2.45) is 0 Å². The SMILES string of the molecule is CCOC(=O)CCNS(=O)(=O)c1ccc(-n2nc(C(F)(F)F)cc2-c2ccc(C)cc2)cc1.